The van der Waals surface area contributed by atoms with Gasteiger partial charge in [-0.1, -0.05) is 6.92 Å². The van der Waals surface area contributed by atoms with Crippen LogP contribution in [0.2, 0.25) is 0 Å². The fraction of sp³-hybridized carbons (Fsp3) is 0.667. The van der Waals surface area contributed by atoms with Gasteiger partial charge in [0.25, 0.3) is 0 Å². The first-order valence-corrected chi connectivity index (χ1v) is 8.12. The van der Waals surface area contributed by atoms with Crippen molar-refractivity contribution in [3.05, 3.63) is 11.7 Å². The Labute approximate surface area is 142 Å². The average molecular weight is 363 g/mol. The van der Waals surface area contributed by atoms with Crippen LogP contribution in [0, 0.1) is 0 Å². The lowest BCUT2D eigenvalue weighted by Gasteiger charge is -2.21. The number of rotatable bonds is 6. The molecule has 3 N–H and O–H groups in total. The summed E-state index contributed by atoms with van der Waals surface area (Å²) in [7, 11) is 0. The van der Waals surface area contributed by atoms with E-state index in [0.717, 1.165) is 13.3 Å². The van der Waals surface area contributed by atoms with E-state index in [1.807, 2.05) is 6.92 Å². The zero-order valence-electron chi connectivity index (χ0n) is 14.0. The van der Waals surface area contributed by atoms with Gasteiger partial charge in [-0.3, -0.25) is 0 Å². The Balaban J connectivity index is 2.38. The van der Waals surface area contributed by atoms with Gasteiger partial charge in [-0.15, -0.1) is 0 Å². The van der Waals surface area contributed by atoms with Crippen molar-refractivity contribution in [1.29, 1.82) is 0 Å². The number of aliphatic hydroxyl groups excluding tert-OH is 1. The Morgan fingerprint density at radius 3 is 2.56 bits per heavy atom. The van der Waals surface area contributed by atoms with E-state index in [9.17, 15) is 22.7 Å². The first-order valence-electron chi connectivity index (χ1n) is 8.12. The van der Waals surface area contributed by atoms with Crippen molar-refractivity contribution >= 4 is 17.5 Å². The number of allylic oxidation sites excluding steroid dienone is 1. The molecule has 25 heavy (non-hydrogen) atoms. The lowest BCUT2D eigenvalue weighted by Crippen LogP contribution is -2.34. The van der Waals surface area contributed by atoms with Crippen LogP contribution >= 0.6 is 0 Å². The molecule has 1 heterocycles. The summed E-state index contributed by atoms with van der Waals surface area (Å²) in [6.07, 6.45) is -3.84. The van der Waals surface area contributed by atoms with Gasteiger partial charge < -0.3 is 15.7 Å². The predicted molar refractivity (Wildman–Crippen MR) is 85.6 cm³/mol. The third-order valence-electron chi connectivity index (χ3n) is 3.76. The second-order valence-electron chi connectivity index (χ2n) is 5.88. The molecule has 0 amide bonds. The highest BCUT2D eigenvalue weighted by Crippen LogP contribution is 2.32. The van der Waals surface area contributed by atoms with Crippen molar-refractivity contribution in [2.24, 2.45) is 0 Å². The topological polar surface area (TPSA) is 83.0 Å². The highest BCUT2D eigenvalue weighted by molar-refractivity contribution is 5.65. The maximum Gasteiger partial charge on any atom is 0.408 e. The Kier molecular flexibility index (Phi) is 6.15. The van der Waals surface area contributed by atoms with Crippen LogP contribution in [0.15, 0.2) is 5.83 Å². The Morgan fingerprint density at radius 2 is 1.92 bits per heavy atom. The Hall–Kier alpha value is -1.97. The van der Waals surface area contributed by atoms with Crippen LogP contribution < -0.4 is 10.6 Å². The molecule has 0 aromatic carbocycles. The molecular formula is C15H21F4N5O. The number of aromatic nitrogens is 3. The quantitative estimate of drug-likeness (QED) is 0.673. The fourth-order valence-electron chi connectivity index (χ4n) is 2.30. The van der Waals surface area contributed by atoms with E-state index in [1.165, 1.54) is 0 Å². The molecule has 0 radical (unpaired) electrons. The van der Waals surface area contributed by atoms with Crippen molar-refractivity contribution in [2.45, 2.75) is 57.9 Å². The number of nitrogens with one attached hydrogen (secondary N) is 2. The summed E-state index contributed by atoms with van der Waals surface area (Å²) in [5, 5.41) is 14.7. The number of alkyl halides is 3. The molecule has 1 unspecified atom stereocenters. The van der Waals surface area contributed by atoms with Gasteiger partial charge in [0.15, 0.2) is 5.82 Å². The minimum absolute atomic E-state index is 0.0593. The van der Waals surface area contributed by atoms with Gasteiger partial charge in [0, 0.05) is 12.1 Å². The lowest BCUT2D eigenvalue weighted by atomic mass is 9.96. The van der Waals surface area contributed by atoms with Crippen molar-refractivity contribution in [1.82, 2.24) is 15.0 Å². The van der Waals surface area contributed by atoms with Crippen LogP contribution in [0.25, 0.3) is 5.57 Å². The van der Waals surface area contributed by atoms with Crippen molar-refractivity contribution < 1.29 is 22.7 Å². The van der Waals surface area contributed by atoms with Gasteiger partial charge >= 0.3 is 6.18 Å². The number of hydrogen-bond acceptors (Lipinski definition) is 6. The molecule has 6 nitrogen and oxygen atoms in total. The molecule has 2 rings (SSSR count). The molecule has 0 bridgehead atoms. The first-order chi connectivity index (χ1) is 11.7. The van der Waals surface area contributed by atoms with E-state index in [0.29, 0.717) is 19.4 Å². The third kappa shape index (κ3) is 5.00. The van der Waals surface area contributed by atoms with Crippen LogP contribution in [0.3, 0.4) is 0 Å². The first kappa shape index (κ1) is 19.4. The maximum atomic E-state index is 14.2. The summed E-state index contributed by atoms with van der Waals surface area (Å²) in [6, 6.07) is -1.88. The minimum atomic E-state index is -4.48. The third-order valence-corrected chi connectivity index (χ3v) is 3.76. The van der Waals surface area contributed by atoms with E-state index in [1.54, 1.807) is 0 Å². The SMILES string of the molecule is CCCNc1nc(N[C@H](C)C(F)(F)F)nc(C2=C(F)C(O)CCC2)n1. The molecule has 0 aliphatic heterocycles. The van der Waals surface area contributed by atoms with Crippen molar-refractivity contribution in [3.63, 3.8) is 0 Å². The number of anilines is 2. The number of halogens is 4. The number of hydrogen-bond donors (Lipinski definition) is 3. The summed E-state index contributed by atoms with van der Waals surface area (Å²) in [5.74, 6) is -1.05. The summed E-state index contributed by atoms with van der Waals surface area (Å²) in [4.78, 5) is 11.9. The van der Waals surface area contributed by atoms with Gasteiger partial charge in [-0.2, -0.15) is 28.1 Å². The maximum absolute atomic E-state index is 14.2. The summed E-state index contributed by atoms with van der Waals surface area (Å²) < 4.78 is 52.5. The smallest absolute Gasteiger partial charge is 0.386 e. The lowest BCUT2D eigenvalue weighted by molar-refractivity contribution is -0.138. The van der Waals surface area contributed by atoms with Gasteiger partial charge in [0.05, 0.1) is 0 Å². The molecule has 2 atom stereocenters. The largest absolute Gasteiger partial charge is 0.408 e. The molecule has 10 heteroatoms. The molecule has 1 aromatic heterocycles. The summed E-state index contributed by atoms with van der Waals surface area (Å²) in [6.45, 7) is 3.34. The minimum Gasteiger partial charge on any atom is -0.386 e. The monoisotopic (exact) mass is 363 g/mol. The molecule has 1 aromatic rings. The molecule has 140 valence electrons. The van der Waals surface area contributed by atoms with Crippen molar-refractivity contribution in [3.8, 4) is 0 Å². The second kappa shape index (κ2) is 7.94. The molecule has 0 spiro atoms. The highest BCUT2D eigenvalue weighted by Gasteiger charge is 2.36. The van der Waals surface area contributed by atoms with E-state index in [-0.39, 0.29) is 29.7 Å². The van der Waals surface area contributed by atoms with Crippen LogP contribution in [0.4, 0.5) is 29.5 Å². The van der Waals surface area contributed by atoms with Crippen LogP contribution in [-0.4, -0.2) is 44.9 Å². The van der Waals surface area contributed by atoms with Gasteiger partial charge in [-0.25, -0.2) is 4.39 Å². The van der Waals surface area contributed by atoms with Crippen LogP contribution in [0.1, 0.15) is 45.4 Å². The molecule has 0 saturated heterocycles. The Bertz CT molecular complexity index is 635. The normalized spacial score (nSPS) is 19.7. The molecular weight excluding hydrogens is 342 g/mol. The number of aliphatic hydroxyl groups is 1. The molecule has 0 fully saturated rings. The van der Waals surface area contributed by atoms with Gasteiger partial charge in [0.1, 0.15) is 18.0 Å². The van der Waals surface area contributed by atoms with Crippen LogP contribution in [0.5, 0.6) is 0 Å². The van der Waals surface area contributed by atoms with Gasteiger partial charge in [-0.05, 0) is 32.6 Å². The standard InChI is InChI=1S/C15H21F4N5O/c1-3-7-20-13-22-12(9-5-4-6-10(25)11(9)16)23-14(24-13)21-8(2)15(17,18)19/h8,10,25H,3-7H2,1-2H3,(H2,20,21,22,23,24)/t8-,10?/m1/s1. The zero-order chi connectivity index (χ0) is 18.6. The summed E-state index contributed by atoms with van der Waals surface area (Å²) in [5.41, 5.74) is 0.100. The van der Waals surface area contributed by atoms with Crippen LogP contribution in [-0.2, 0) is 0 Å². The number of nitrogens with zero attached hydrogens (tertiary/aromatic N) is 3. The Morgan fingerprint density at radius 1 is 1.24 bits per heavy atom. The highest BCUT2D eigenvalue weighted by atomic mass is 19.4. The molecule has 1 aliphatic carbocycles. The predicted octanol–water partition coefficient (Wildman–Crippen LogP) is 3.28. The van der Waals surface area contributed by atoms with Gasteiger partial charge in [0.2, 0.25) is 11.9 Å². The summed E-state index contributed by atoms with van der Waals surface area (Å²) >= 11 is 0. The fourth-order valence-corrected chi connectivity index (χ4v) is 2.30. The van der Waals surface area contributed by atoms with E-state index in [2.05, 4.69) is 25.6 Å². The van der Waals surface area contributed by atoms with E-state index in [4.69, 9.17) is 0 Å². The average Bonchev–Trinajstić information content (AvgIpc) is 2.54. The zero-order valence-corrected chi connectivity index (χ0v) is 14.0. The molecule has 0 saturated carbocycles. The van der Waals surface area contributed by atoms with E-state index < -0.39 is 24.1 Å². The van der Waals surface area contributed by atoms with Crippen molar-refractivity contribution in [2.75, 3.05) is 17.2 Å². The second-order valence-corrected chi connectivity index (χ2v) is 5.88. The van der Waals surface area contributed by atoms with E-state index >= 15 is 0 Å². The molecule has 1 aliphatic rings.